The van der Waals surface area contributed by atoms with Crippen molar-refractivity contribution in [2.24, 2.45) is 0 Å². The third-order valence-corrected chi connectivity index (χ3v) is 3.28. The van der Waals surface area contributed by atoms with Crippen LogP contribution in [-0.2, 0) is 11.2 Å². The van der Waals surface area contributed by atoms with Gasteiger partial charge >= 0.3 is 5.97 Å². The predicted octanol–water partition coefficient (Wildman–Crippen LogP) is 3.08. The van der Waals surface area contributed by atoms with Crippen LogP contribution >= 0.6 is 0 Å². The molecule has 21 heavy (non-hydrogen) atoms. The lowest BCUT2D eigenvalue weighted by molar-refractivity contribution is -0.145. The first-order chi connectivity index (χ1) is 10.1. The van der Waals surface area contributed by atoms with E-state index < -0.39 is 12.1 Å². The first-order valence-electron chi connectivity index (χ1n) is 6.69. The predicted molar refractivity (Wildman–Crippen MR) is 79.9 cm³/mol. The van der Waals surface area contributed by atoms with Crippen molar-refractivity contribution in [3.8, 4) is 11.5 Å². The fraction of sp³-hybridized carbons (Fsp3) is 0.235. The molecule has 0 unspecified atom stereocenters. The van der Waals surface area contributed by atoms with Gasteiger partial charge in [-0.05, 0) is 30.2 Å². The molecule has 0 aliphatic carbocycles. The lowest BCUT2D eigenvalue weighted by Crippen LogP contribution is -2.29. The molecular formula is C17H18O4. The van der Waals surface area contributed by atoms with E-state index in [4.69, 9.17) is 9.47 Å². The van der Waals surface area contributed by atoms with E-state index in [1.807, 2.05) is 37.3 Å². The van der Waals surface area contributed by atoms with E-state index in [-0.39, 0.29) is 0 Å². The number of aliphatic carboxylic acids is 1. The van der Waals surface area contributed by atoms with Crippen LogP contribution in [0.3, 0.4) is 0 Å². The highest BCUT2D eigenvalue weighted by Crippen LogP contribution is 2.27. The number of methoxy groups -OCH3 is 1. The van der Waals surface area contributed by atoms with Gasteiger partial charge in [0, 0.05) is 6.42 Å². The lowest BCUT2D eigenvalue weighted by atomic mass is 10.0. The molecule has 4 nitrogen and oxygen atoms in total. The summed E-state index contributed by atoms with van der Waals surface area (Å²) in [6, 6.07) is 14.7. The standard InChI is InChI=1S/C17H18O4/c1-12-7-3-4-8-13(12)11-16(17(18)19)21-15-10-6-5-9-14(15)20-2/h3-10,16H,11H2,1-2H3,(H,18,19)/t16-/m1/s1. The van der Waals surface area contributed by atoms with Crippen molar-refractivity contribution in [2.45, 2.75) is 19.4 Å². The summed E-state index contributed by atoms with van der Waals surface area (Å²) in [6.07, 6.45) is -0.651. The minimum Gasteiger partial charge on any atom is -0.493 e. The summed E-state index contributed by atoms with van der Waals surface area (Å²) in [5.74, 6) is -0.0429. The molecule has 0 saturated heterocycles. The molecule has 0 aliphatic heterocycles. The fourth-order valence-corrected chi connectivity index (χ4v) is 2.09. The fourth-order valence-electron chi connectivity index (χ4n) is 2.09. The summed E-state index contributed by atoms with van der Waals surface area (Å²) in [6.45, 7) is 1.96. The Morgan fingerprint density at radius 1 is 1.10 bits per heavy atom. The number of benzene rings is 2. The van der Waals surface area contributed by atoms with Crippen LogP contribution in [0.1, 0.15) is 11.1 Å². The molecule has 2 aromatic rings. The lowest BCUT2D eigenvalue weighted by Gasteiger charge is -2.18. The Morgan fingerprint density at radius 3 is 2.33 bits per heavy atom. The molecule has 2 rings (SSSR count). The molecule has 2 aromatic carbocycles. The zero-order chi connectivity index (χ0) is 15.2. The highest BCUT2D eigenvalue weighted by molar-refractivity contribution is 5.73. The van der Waals surface area contributed by atoms with Crippen LogP contribution in [0.2, 0.25) is 0 Å². The van der Waals surface area contributed by atoms with Crippen molar-refractivity contribution in [2.75, 3.05) is 7.11 Å². The van der Waals surface area contributed by atoms with Crippen molar-refractivity contribution < 1.29 is 19.4 Å². The van der Waals surface area contributed by atoms with E-state index in [1.54, 1.807) is 18.2 Å². The number of para-hydroxylation sites is 2. The van der Waals surface area contributed by atoms with Crippen LogP contribution in [0.25, 0.3) is 0 Å². The van der Waals surface area contributed by atoms with Crippen molar-refractivity contribution in [3.63, 3.8) is 0 Å². The molecule has 0 bridgehead atoms. The molecule has 1 N–H and O–H groups in total. The monoisotopic (exact) mass is 286 g/mol. The van der Waals surface area contributed by atoms with Gasteiger partial charge in [-0.25, -0.2) is 4.79 Å². The van der Waals surface area contributed by atoms with Crippen molar-refractivity contribution in [3.05, 3.63) is 59.7 Å². The highest BCUT2D eigenvalue weighted by Gasteiger charge is 2.22. The first-order valence-corrected chi connectivity index (χ1v) is 6.69. The summed E-state index contributed by atoms with van der Waals surface area (Å²) < 4.78 is 10.8. The first kappa shape index (κ1) is 14.9. The van der Waals surface area contributed by atoms with Gasteiger partial charge in [0.05, 0.1) is 7.11 Å². The molecule has 0 saturated carbocycles. The second kappa shape index (κ2) is 6.79. The van der Waals surface area contributed by atoms with Gasteiger partial charge in [0.1, 0.15) is 0 Å². The average Bonchev–Trinajstić information content (AvgIpc) is 2.49. The Balaban J connectivity index is 2.20. The summed E-state index contributed by atoms with van der Waals surface area (Å²) in [5, 5.41) is 9.38. The Morgan fingerprint density at radius 2 is 1.71 bits per heavy atom. The Bertz CT molecular complexity index is 622. The molecule has 4 heteroatoms. The number of carbonyl (C=O) groups is 1. The van der Waals surface area contributed by atoms with Crippen LogP contribution in [0.15, 0.2) is 48.5 Å². The Hall–Kier alpha value is -2.49. The summed E-state index contributed by atoms with van der Waals surface area (Å²) in [5.41, 5.74) is 2.01. The third kappa shape index (κ3) is 3.75. The molecule has 0 fully saturated rings. The maximum absolute atomic E-state index is 11.5. The van der Waals surface area contributed by atoms with Gasteiger partial charge in [-0.2, -0.15) is 0 Å². The van der Waals surface area contributed by atoms with Crippen molar-refractivity contribution in [1.82, 2.24) is 0 Å². The minimum atomic E-state index is -0.996. The third-order valence-electron chi connectivity index (χ3n) is 3.28. The number of rotatable bonds is 6. The molecule has 0 amide bonds. The highest BCUT2D eigenvalue weighted by atomic mass is 16.5. The molecule has 0 radical (unpaired) electrons. The zero-order valence-electron chi connectivity index (χ0n) is 12.1. The number of carboxylic acids is 1. The SMILES string of the molecule is COc1ccccc1O[C@H](Cc1ccccc1C)C(=O)O. The summed E-state index contributed by atoms with van der Waals surface area (Å²) >= 11 is 0. The largest absolute Gasteiger partial charge is 0.493 e. The molecule has 110 valence electrons. The second-order valence-corrected chi connectivity index (χ2v) is 4.73. The van der Waals surface area contributed by atoms with E-state index in [0.717, 1.165) is 11.1 Å². The van der Waals surface area contributed by atoms with Crippen LogP contribution < -0.4 is 9.47 Å². The summed E-state index contributed by atoms with van der Waals surface area (Å²) in [7, 11) is 1.53. The number of ether oxygens (including phenoxy) is 2. The molecular weight excluding hydrogens is 268 g/mol. The van der Waals surface area contributed by atoms with Crippen LogP contribution in [0.5, 0.6) is 11.5 Å². The van der Waals surface area contributed by atoms with Crippen LogP contribution in [0, 0.1) is 6.92 Å². The number of hydrogen-bond donors (Lipinski definition) is 1. The number of aryl methyl sites for hydroxylation is 1. The maximum Gasteiger partial charge on any atom is 0.345 e. The van der Waals surface area contributed by atoms with Gasteiger partial charge in [0.25, 0.3) is 0 Å². The van der Waals surface area contributed by atoms with Crippen LogP contribution in [0.4, 0.5) is 0 Å². The van der Waals surface area contributed by atoms with Gasteiger partial charge in [-0.1, -0.05) is 36.4 Å². The van der Waals surface area contributed by atoms with E-state index in [0.29, 0.717) is 17.9 Å². The topological polar surface area (TPSA) is 55.8 Å². The maximum atomic E-state index is 11.5. The van der Waals surface area contributed by atoms with E-state index >= 15 is 0 Å². The summed E-state index contributed by atoms with van der Waals surface area (Å²) in [4.78, 5) is 11.5. The number of carboxylic acid groups (broad SMARTS) is 1. The van der Waals surface area contributed by atoms with E-state index in [1.165, 1.54) is 7.11 Å². The van der Waals surface area contributed by atoms with Gasteiger partial charge in [0.15, 0.2) is 17.6 Å². The zero-order valence-corrected chi connectivity index (χ0v) is 12.1. The molecule has 0 spiro atoms. The molecule has 1 atom stereocenters. The van der Waals surface area contributed by atoms with Gasteiger partial charge < -0.3 is 14.6 Å². The smallest absolute Gasteiger partial charge is 0.345 e. The van der Waals surface area contributed by atoms with Crippen LogP contribution in [-0.4, -0.2) is 24.3 Å². The number of hydrogen-bond acceptors (Lipinski definition) is 3. The van der Waals surface area contributed by atoms with Gasteiger partial charge in [-0.15, -0.1) is 0 Å². The van der Waals surface area contributed by atoms with E-state index in [9.17, 15) is 9.90 Å². The normalized spacial score (nSPS) is 11.7. The Labute approximate surface area is 123 Å². The minimum absolute atomic E-state index is 0.306. The van der Waals surface area contributed by atoms with Gasteiger partial charge in [-0.3, -0.25) is 0 Å². The molecule has 0 heterocycles. The second-order valence-electron chi connectivity index (χ2n) is 4.73. The average molecular weight is 286 g/mol. The van der Waals surface area contributed by atoms with Crippen molar-refractivity contribution >= 4 is 5.97 Å². The van der Waals surface area contributed by atoms with E-state index in [2.05, 4.69) is 0 Å². The van der Waals surface area contributed by atoms with Gasteiger partial charge in [0.2, 0.25) is 0 Å². The Kier molecular flexibility index (Phi) is 4.82. The molecule has 0 aliphatic rings. The quantitative estimate of drug-likeness (QED) is 0.886. The van der Waals surface area contributed by atoms with Crippen molar-refractivity contribution in [1.29, 1.82) is 0 Å². The molecule has 0 aromatic heterocycles.